The Labute approximate surface area is 85.5 Å². The van der Waals surface area contributed by atoms with Crippen LogP contribution in [0.4, 0.5) is 0 Å². The van der Waals surface area contributed by atoms with Gasteiger partial charge in [0.2, 0.25) is 0 Å². The summed E-state index contributed by atoms with van der Waals surface area (Å²) in [5.74, 6) is 0. The van der Waals surface area contributed by atoms with E-state index in [2.05, 4.69) is 0 Å². The predicted molar refractivity (Wildman–Crippen MR) is 9.94 cm³/mol. The van der Waals surface area contributed by atoms with E-state index in [0.717, 1.165) is 0 Å². The van der Waals surface area contributed by atoms with Crippen molar-refractivity contribution < 1.29 is 61.2 Å². The topological polar surface area (TPSA) is 0 Å². The summed E-state index contributed by atoms with van der Waals surface area (Å²) < 4.78 is 0. The van der Waals surface area contributed by atoms with Gasteiger partial charge in [-0.2, -0.15) is 0 Å². The predicted octanol–water partition coefficient (Wildman–Crippen LogP) is -1.19. The second kappa shape index (κ2) is 17.0. The van der Waals surface area contributed by atoms with Crippen LogP contribution in [0, 0.1) is 0 Å². The molecule has 4 heteroatoms. The Bertz CT molecular complexity index is 8.00. The van der Waals surface area contributed by atoms with Gasteiger partial charge in [0.1, 0.15) is 0 Å². The van der Waals surface area contributed by atoms with E-state index in [-0.39, 0.29) is 87.0 Å². The van der Waals surface area contributed by atoms with Crippen LogP contribution >= 0.6 is 0 Å². The van der Waals surface area contributed by atoms with Gasteiger partial charge in [0.15, 0.2) is 0 Å². The molecule has 0 aliphatic carbocycles. The zero-order valence-electron chi connectivity index (χ0n) is 1.10. The van der Waals surface area contributed by atoms with Gasteiger partial charge in [-0.1, -0.05) is 0 Å². The Hall–Kier alpha value is 2.84. The molecule has 0 fully saturated rings. The van der Waals surface area contributed by atoms with Gasteiger partial charge >= 0.3 is 25.8 Å². The SMILES string of the molecule is [Ag].[Cu].[InH3].[Ti]. The van der Waals surface area contributed by atoms with Crippen molar-refractivity contribution in [3.05, 3.63) is 0 Å². The van der Waals surface area contributed by atoms with Crippen molar-refractivity contribution in [1.29, 1.82) is 0 Å². The average molecular weight is 337 g/mol. The van der Waals surface area contributed by atoms with E-state index >= 15 is 0 Å². The van der Waals surface area contributed by atoms with Crippen LogP contribution in [0.3, 0.4) is 0 Å². The number of rotatable bonds is 0. The Balaban J connectivity index is 0. The maximum Gasteiger partial charge on any atom is 0 e. The molecule has 0 N–H and O–H groups in total. The molecule has 0 spiro atoms. The quantitative estimate of drug-likeness (QED) is 0.488. The van der Waals surface area contributed by atoms with E-state index in [1.165, 1.54) is 0 Å². The summed E-state index contributed by atoms with van der Waals surface area (Å²) in [6, 6.07) is 0. The molecule has 32 valence electrons. The Morgan fingerprint density at radius 2 is 1.00 bits per heavy atom. The molecule has 0 aromatic carbocycles. The van der Waals surface area contributed by atoms with Gasteiger partial charge < -0.3 is 0 Å². The van der Waals surface area contributed by atoms with Crippen LogP contribution in [-0.4, -0.2) is 25.8 Å². The van der Waals surface area contributed by atoms with Crippen LogP contribution in [0.1, 0.15) is 0 Å². The monoisotopic (exact) mass is 336 g/mol. The van der Waals surface area contributed by atoms with Crippen LogP contribution in [0.2, 0.25) is 0 Å². The normalized spacial score (nSPS) is 0. The van der Waals surface area contributed by atoms with Crippen molar-refractivity contribution in [3.8, 4) is 0 Å². The summed E-state index contributed by atoms with van der Waals surface area (Å²) in [5.41, 5.74) is 0. The molecule has 0 amide bonds. The summed E-state index contributed by atoms with van der Waals surface area (Å²) in [4.78, 5) is 0. The molecule has 0 nitrogen and oxygen atoms in total. The van der Waals surface area contributed by atoms with Gasteiger partial charge in [0.05, 0.1) is 0 Å². The van der Waals surface area contributed by atoms with Crippen LogP contribution in [0.15, 0.2) is 0 Å². The molecule has 0 bridgehead atoms. The van der Waals surface area contributed by atoms with E-state index in [4.69, 9.17) is 0 Å². The first kappa shape index (κ1) is 28.9. The fraction of sp³-hybridized carbons (Fsp3) is 0. The van der Waals surface area contributed by atoms with Gasteiger partial charge in [-0.25, -0.2) is 0 Å². The first-order chi connectivity index (χ1) is 0. The standard InChI is InChI=1S/Ag.Cu.In.Ti.3H. The molecule has 0 aromatic rings. The Morgan fingerprint density at radius 1 is 1.00 bits per heavy atom. The molecule has 4 heavy (non-hydrogen) atoms. The molecule has 0 saturated heterocycles. The van der Waals surface area contributed by atoms with Crippen LogP contribution in [-0.2, 0) is 61.2 Å². The largest absolute Gasteiger partial charge is 0 e. The van der Waals surface area contributed by atoms with E-state index in [0.29, 0.717) is 0 Å². The first-order valence-corrected chi connectivity index (χ1v) is 0. The number of hydrogen-bond donors (Lipinski definition) is 0. The van der Waals surface area contributed by atoms with Gasteiger partial charge in [-0.05, 0) is 0 Å². The van der Waals surface area contributed by atoms with Crippen molar-refractivity contribution in [2.75, 3.05) is 0 Å². The van der Waals surface area contributed by atoms with Gasteiger partial charge in [0.25, 0.3) is 0 Å². The number of hydrogen-bond acceptors (Lipinski definition) is 0. The van der Waals surface area contributed by atoms with Gasteiger partial charge in [0, 0.05) is 61.2 Å². The van der Waals surface area contributed by atoms with Crippen molar-refractivity contribution >= 4 is 25.8 Å². The zero-order chi connectivity index (χ0) is 0. The van der Waals surface area contributed by atoms with Gasteiger partial charge in [-0.3, -0.25) is 0 Å². The molecule has 0 aromatic heterocycles. The van der Waals surface area contributed by atoms with Crippen LogP contribution < -0.4 is 0 Å². The zero-order valence-corrected chi connectivity index (χ0v) is 5.09. The minimum absolute atomic E-state index is 0. The summed E-state index contributed by atoms with van der Waals surface area (Å²) >= 11 is 0. The molecule has 2 radical (unpaired) electrons. The van der Waals surface area contributed by atoms with E-state index < -0.39 is 0 Å². The molecule has 0 saturated carbocycles. The van der Waals surface area contributed by atoms with Crippen molar-refractivity contribution in [2.45, 2.75) is 0 Å². The Morgan fingerprint density at radius 3 is 1.00 bits per heavy atom. The summed E-state index contributed by atoms with van der Waals surface area (Å²) in [5, 5.41) is 0. The summed E-state index contributed by atoms with van der Waals surface area (Å²) in [6.07, 6.45) is 0. The first-order valence-electron chi connectivity index (χ1n) is 0. The van der Waals surface area contributed by atoms with Crippen molar-refractivity contribution in [2.24, 2.45) is 0 Å². The second-order valence-corrected chi connectivity index (χ2v) is 0. The van der Waals surface area contributed by atoms with Gasteiger partial charge in [-0.15, -0.1) is 0 Å². The fourth-order valence-electron chi connectivity index (χ4n) is 0. The molecule has 0 atom stereocenters. The molecule has 0 heterocycles. The third kappa shape index (κ3) is 8.85. The van der Waals surface area contributed by atoms with Crippen LogP contribution in [0.25, 0.3) is 0 Å². The van der Waals surface area contributed by atoms with E-state index in [1.54, 1.807) is 0 Å². The van der Waals surface area contributed by atoms with Crippen LogP contribution in [0.5, 0.6) is 0 Å². The minimum atomic E-state index is 0. The average Bonchev–Trinajstić information content (AvgIpc) is 0. The smallest absolute Gasteiger partial charge is 0 e. The molecule has 0 rings (SSSR count). The molecule has 0 aliphatic heterocycles. The molecular formula is H3AgCuInTi. The van der Waals surface area contributed by atoms with E-state index in [9.17, 15) is 0 Å². The van der Waals surface area contributed by atoms with E-state index in [1.807, 2.05) is 0 Å². The van der Waals surface area contributed by atoms with Crippen molar-refractivity contribution in [3.63, 3.8) is 0 Å². The summed E-state index contributed by atoms with van der Waals surface area (Å²) in [7, 11) is 0. The maximum atomic E-state index is 0. The third-order valence-corrected chi connectivity index (χ3v) is 0. The minimum Gasteiger partial charge on any atom is 0 e. The molecule has 0 unspecified atom stereocenters. The second-order valence-electron chi connectivity index (χ2n) is 0. The van der Waals surface area contributed by atoms with Crippen molar-refractivity contribution in [1.82, 2.24) is 0 Å². The fourth-order valence-corrected chi connectivity index (χ4v) is 0. The maximum absolute atomic E-state index is 0. The Kier molecular flexibility index (Phi) is 122. The molecule has 0 aliphatic rings. The third-order valence-electron chi connectivity index (χ3n) is 0. The molecular weight excluding hydrogens is 334 g/mol. The summed E-state index contributed by atoms with van der Waals surface area (Å²) in [6.45, 7) is 0.